The quantitative estimate of drug-likeness (QED) is 0.396. The normalized spacial score (nSPS) is 11.9. The van der Waals surface area contributed by atoms with E-state index >= 15 is 0 Å². The molecule has 0 bridgehead atoms. The Morgan fingerprint density at radius 3 is 2.51 bits per heavy atom. The Morgan fingerprint density at radius 2 is 1.83 bits per heavy atom. The molecule has 4 rings (SSSR count). The molecule has 0 aliphatic carbocycles. The molecule has 178 valence electrons. The van der Waals surface area contributed by atoms with Crippen molar-refractivity contribution in [3.05, 3.63) is 98.3 Å². The molecule has 2 N–H and O–H groups in total. The van der Waals surface area contributed by atoms with E-state index in [0.29, 0.717) is 22.0 Å². The Kier molecular flexibility index (Phi) is 6.86. The molecule has 4 aromatic rings. The third-order valence-electron chi connectivity index (χ3n) is 5.51. The van der Waals surface area contributed by atoms with Gasteiger partial charge >= 0.3 is 5.97 Å². The summed E-state index contributed by atoms with van der Waals surface area (Å²) in [7, 11) is 1.45. The number of rotatable bonds is 6. The van der Waals surface area contributed by atoms with E-state index in [1.807, 2.05) is 0 Å². The van der Waals surface area contributed by atoms with Gasteiger partial charge < -0.3 is 15.0 Å². The second-order valence-corrected chi connectivity index (χ2v) is 8.64. The van der Waals surface area contributed by atoms with Crippen LogP contribution in [0.5, 0.6) is 0 Å². The first-order valence-electron chi connectivity index (χ1n) is 10.4. The van der Waals surface area contributed by atoms with Gasteiger partial charge in [-0.05, 0) is 35.4 Å². The molecule has 1 amide bonds. The number of aliphatic carboxylic acids is 1. The number of nitrogens with zero attached hydrogens (tertiary/aromatic N) is 2. The van der Waals surface area contributed by atoms with Gasteiger partial charge in [0.05, 0.1) is 26.7 Å². The summed E-state index contributed by atoms with van der Waals surface area (Å²) >= 11 is 12.2. The molecular formula is C25H18Cl2FN3O4. The molecule has 10 heteroatoms. The fourth-order valence-electron chi connectivity index (χ4n) is 3.86. The van der Waals surface area contributed by atoms with Crippen LogP contribution in [0.25, 0.3) is 22.0 Å². The number of amides is 1. The van der Waals surface area contributed by atoms with E-state index in [-0.39, 0.29) is 27.6 Å². The van der Waals surface area contributed by atoms with Crippen molar-refractivity contribution in [3.8, 4) is 11.1 Å². The summed E-state index contributed by atoms with van der Waals surface area (Å²) in [6, 6.07) is 10.9. The number of carbonyl (C=O) groups is 2. The Labute approximate surface area is 208 Å². The topological polar surface area (TPSA) is 101 Å². The second-order valence-electron chi connectivity index (χ2n) is 7.82. The molecule has 0 radical (unpaired) electrons. The van der Waals surface area contributed by atoms with Crippen LogP contribution in [0.2, 0.25) is 10.0 Å². The molecule has 0 spiro atoms. The number of benzene rings is 2. The average molecular weight is 514 g/mol. The van der Waals surface area contributed by atoms with E-state index in [4.69, 9.17) is 23.2 Å². The minimum absolute atomic E-state index is 0.0256. The number of nitrogens with one attached hydrogen (secondary N) is 1. The number of carboxylic acid groups (broad SMARTS) is 1. The van der Waals surface area contributed by atoms with Crippen molar-refractivity contribution in [1.82, 2.24) is 14.9 Å². The minimum Gasteiger partial charge on any atom is -0.480 e. The van der Waals surface area contributed by atoms with Gasteiger partial charge in [0.15, 0.2) is 0 Å². The summed E-state index contributed by atoms with van der Waals surface area (Å²) in [5, 5.41) is 13.0. The van der Waals surface area contributed by atoms with E-state index in [1.165, 1.54) is 25.4 Å². The maximum absolute atomic E-state index is 14.1. The van der Waals surface area contributed by atoms with Gasteiger partial charge in [-0.25, -0.2) is 9.18 Å². The molecule has 0 fully saturated rings. The number of hydrogen-bond donors (Lipinski definition) is 2. The number of carbonyl (C=O) groups excluding carboxylic acids is 1. The van der Waals surface area contributed by atoms with Crippen LogP contribution in [-0.4, -0.2) is 32.6 Å². The Balaban J connectivity index is 1.74. The number of aromatic nitrogens is 2. The van der Waals surface area contributed by atoms with Crippen LogP contribution < -0.4 is 10.9 Å². The lowest BCUT2D eigenvalue weighted by Gasteiger charge is -2.17. The number of carboxylic acids is 1. The molecule has 0 saturated carbocycles. The number of aryl methyl sites for hydroxylation is 1. The molecule has 2 heterocycles. The maximum Gasteiger partial charge on any atom is 0.326 e. The molecule has 1 unspecified atom stereocenters. The summed E-state index contributed by atoms with van der Waals surface area (Å²) in [5.41, 5.74) is 1.12. The molecular weight excluding hydrogens is 496 g/mol. The van der Waals surface area contributed by atoms with Crippen LogP contribution in [-0.2, 0) is 18.3 Å². The molecule has 0 saturated heterocycles. The van der Waals surface area contributed by atoms with Crippen molar-refractivity contribution in [3.63, 3.8) is 0 Å². The summed E-state index contributed by atoms with van der Waals surface area (Å²) in [4.78, 5) is 41.8. The molecule has 0 aliphatic heterocycles. The molecule has 35 heavy (non-hydrogen) atoms. The fraction of sp³-hybridized carbons (Fsp3) is 0.120. The molecule has 0 aliphatic rings. The van der Waals surface area contributed by atoms with Gasteiger partial charge in [0, 0.05) is 31.2 Å². The van der Waals surface area contributed by atoms with Gasteiger partial charge in [0.1, 0.15) is 11.9 Å². The van der Waals surface area contributed by atoms with Crippen LogP contribution in [0.1, 0.15) is 15.9 Å². The van der Waals surface area contributed by atoms with Crippen molar-refractivity contribution in [2.75, 3.05) is 0 Å². The second kappa shape index (κ2) is 9.85. The number of fused-ring (bicyclic) bond motifs is 1. The number of pyridine rings is 2. The lowest BCUT2D eigenvalue weighted by atomic mass is 9.95. The largest absolute Gasteiger partial charge is 0.480 e. The molecule has 1 atom stereocenters. The highest BCUT2D eigenvalue weighted by molar-refractivity contribution is 6.39. The monoisotopic (exact) mass is 513 g/mol. The van der Waals surface area contributed by atoms with Crippen molar-refractivity contribution in [2.24, 2.45) is 7.05 Å². The highest BCUT2D eigenvalue weighted by Gasteiger charge is 2.25. The third kappa shape index (κ3) is 4.89. The Morgan fingerprint density at radius 1 is 1.11 bits per heavy atom. The minimum atomic E-state index is -1.33. The first-order valence-corrected chi connectivity index (χ1v) is 11.1. The van der Waals surface area contributed by atoms with Gasteiger partial charge in [-0.15, -0.1) is 0 Å². The Hall–Kier alpha value is -3.75. The van der Waals surface area contributed by atoms with Gasteiger partial charge in [0.2, 0.25) is 0 Å². The van der Waals surface area contributed by atoms with Gasteiger partial charge in [-0.2, -0.15) is 0 Å². The van der Waals surface area contributed by atoms with Crippen LogP contribution in [0.3, 0.4) is 0 Å². The van der Waals surface area contributed by atoms with Crippen LogP contribution in [0.4, 0.5) is 4.39 Å². The molecule has 2 aromatic carbocycles. The smallest absolute Gasteiger partial charge is 0.326 e. The first kappa shape index (κ1) is 24.4. The van der Waals surface area contributed by atoms with Crippen LogP contribution in [0, 0.1) is 5.82 Å². The zero-order chi connectivity index (χ0) is 25.3. The van der Waals surface area contributed by atoms with E-state index in [1.54, 1.807) is 30.3 Å². The van der Waals surface area contributed by atoms with Crippen molar-refractivity contribution in [2.45, 2.75) is 12.5 Å². The third-order valence-corrected chi connectivity index (χ3v) is 6.14. The number of halogens is 3. The van der Waals surface area contributed by atoms with Crippen molar-refractivity contribution < 1.29 is 19.1 Å². The lowest BCUT2D eigenvalue weighted by Crippen LogP contribution is -2.42. The summed E-state index contributed by atoms with van der Waals surface area (Å²) in [6.07, 6.45) is 2.50. The summed E-state index contributed by atoms with van der Waals surface area (Å²) in [6.45, 7) is 0. The van der Waals surface area contributed by atoms with Crippen molar-refractivity contribution >= 4 is 46.0 Å². The predicted molar refractivity (Wildman–Crippen MR) is 131 cm³/mol. The lowest BCUT2D eigenvalue weighted by molar-refractivity contribution is -0.139. The van der Waals surface area contributed by atoms with Crippen molar-refractivity contribution in [1.29, 1.82) is 0 Å². The highest BCUT2D eigenvalue weighted by Crippen LogP contribution is 2.29. The van der Waals surface area contributed by atoms with E-state index in [9.17, 15) is 23.9 Å². The van der Waals surface area contributed by atoms with Gasteiger partial charge in [0.25, 0.3) is 11.5 Å². The average Bonchev–Trinajstić information content (AvgIpc) is 2.81. The highest BCUT2D eigenvalue weighted by atomic mass is 35.5. The molecule has 2 aromatic heterocycles. The Bertz CT molecular complexity index is 1520. The van der Waals surface area contributed by atoms with Gasteiger partial charge in [-0.3, -0.25) is 14.6 Å². The van der Waals surface area contributed by atoms with Crippen LogP contribution in [0.15, 0.2) is 65.7 Å². The zero-order valence-electron chi connectivity index (χ0n) is 18.3. The molecule has 7 nitrogen and oxygen atoms in total. The standard InChI is InChI=1S/C25H18Cl2FN3O4/c1-31-12-14(28)11-17(24(31)33)15-8-7-13(22-16(15)4-3-9-29-22)10-20(25(34)35)30-23(32)21-18(26)5-2-6-19(21)27/h2-9,11-12,20H,10H2,1H3,(H,30,32)(H,34,35). The van der Waals surface area contributed by atoms with E-state index in [0.717, 1.165) is 16.8 Å². The SMILES string of the molecule is Cn1cc(F)cc(-c2ccc(CC(NC(=O)c3c(Cl)cccc3Cl)C(=O)O)c3ncccc23)c1=O. The summed E-state index contributed by atoms with van der Waals surface area (Å²) in [5.74, 6) is -2.58. The van der Waals surface area contributed by atoms with E-state index < -0.39 is 29.3 Å². The number of hydrogen-bond acceptors (Lipinski definition) is 4. The van der Waals surface area contributed by atoms with Gasteiger partial charge in [-0.1, -0.05) is 47.5 Å². The predicted octanol–water partition coefficient (Wildman–Crippen LogP) is 4.47. The summed E-state index contributed by atoms with van der Waals surface area (Å²) < 4.78 is 15.2. The van der Waals surface area contributed by atoms with E-state index in [2.05, 4.69) is 10.3 Å². The first-order chi connectivity index (χ1) is 16.7. The maximum atomic E-state index is 14.1. The fourth-order valence-corrected chi connectivity index (χ4v) is 4.43. The van der Waals surface area contributed by atoms with Crippen LogP contribution >= 0.6 is 23.2 Å². The zero-order valence-corrected chi connectivity index (χ0v) is 19.8.